The summed E-state index contributed by atoms with van der Waals surface area (Å²) in [7, 11) is 0. The van der Waals surface area contributed by atoms with E-state index >= 15 is 0 Å². The third-order valence-electron chi connectivity index (χ3n) is 9.68. The van der Waals surface area contributed by atoms with Gasteiger partial charge in [-0.2, -0.15) is 0 Å². The highest BCUT2D eigenvalue weighted by atomic mass is 32.1. The largest absolute Gasteiger partial charge is 0.310 e. The topological polar surface area (TPSA) is 3.24 Å². The molecular formula is C46H29NS2. The first-order chi connectivity index (χ1) is 24.3. The Labute approximate surface area is 292 Å². The van der Waals surface area contributed by atoms with Gasteiger partial charge >= 0.3 is 0 Å². The van der Waals surface area contributed by atoms with Gasteiger partial charge in [0.05, 0.1) is 5.69 Å². The summed E-state index contributed by atoms with van der Waals surface area (Å²) in [5.41, 5.74) is 8.36. The van der Waals surface area contributed by atoms with Crippen LogP contribution in [0.4, 0.5) is 17.1 Å². The van der Waals surface area contributed by atoms with Crippen molar-refractivity contribution in [1.29, 1.82) is 0 Å². The van der Waals surface area contributed by atoms with Gasteiger partial charge in [-0.15, -0.1) is 22.7 Å². The second-order valence-electron chi connectivity index (χ2n) is 12.5. The molecule has 0 amide bonds. The Kier molecular flexibility index (Phi) is 6.61. The van der Waals surface area contributed by atoms with Gasteiger partial charge in [0, 0.05) is 57.3 Å². The molecule has 8 aromatic carbocycles. The number of hydrogen-bond donors (Lipinski definition) is 0. The highest BCUT2D eigenvalue weighted by Gasteiger charge is 2.21. The van der Waals surface area contributed by atoms with E-state index in [0.717, 1.165) is 17.1 Å². The maximum absolute atomic E-state index is 2.44. The number of anilines is 3. The average Bonchev–Trinajstić information content (AvgIpc) is 3.73. The number of benzene rings is 8. The molecule has 0 aliphatic heterocycles. The van der Waals surface area contributed by atoms with Gasteiger partial charge in [0.2, 0.25) is 0 Å². The molecule has 2 heterocycles. The number of para-hydroxylation sites is 1. The van der Waals surface area contributed by atoms with Crippen molar-refractivity contribution in [2.75, 3.05) is 4.90 Å². The van der Waals surface area contributed by atoms with Gasteiger partial charge in [-0.05, 0) is 76.0 Å². The Morgan fingerprint density at radius 1 is 0.347 bits per heavy atom. The highest BCUT2D eigenvalue weighted by Crippen LogP contribution is 2.47. The summed E-state index contributed by atoms with van der Waals surface area (Å²) in [6.45, 7) is 0. The zero-order valence-electron chi connectivity index (χ0n) is 26.5. The van der Waals surface area contributed by atoms with Crippen molar-refractivity contribution in [1.82, 2.24) is 0 Å². The van der Waals surface area contributed by atoms with Crippen LogP contribution in [0.5, 0.6) is 0 Å². The van der Waals surface area contributed by atoms with E-state index in [9.17, 15) is 0 Å². The Morgan fingerprint density at radius 2 is 0.918 bits per heavy atom. The first kappa shape index (κ1) is 28.3. The predicted octanol–water partition coefficient (Wildman–Crippen LogP) is 14.4. The Balaban J connectivity index is 1.19. The van der Waals surface area contributed by atoms with E-state index in [1.807, 2.05) is 22.7 Å². The lowest BCUT2D eigenvalue weighted by atomic mass is 9.96. The van der Waals surface area contributed by atoms with Gasteiger partial charge in [-0.1, -0.05) is 127 Å². The second kappa shape index (κ2) is 11.5. The smallest absolute Gasteiger partial charge is 0.0540 e. The number of hydrogen-bond acceptors (Lipinski definition) is 3. The molecule has 3 heteroatoms. The highest BCUT2D eigenvalue weighted by molar-refractivity contribution is 7.26. The third-order valence-corrected chi connectivity index (χ3v) is 12.0. The van der Waals surface area contributed by atoms with E-state index in [2.05, 4.69) is 181 Å². The zero-order chi connectivity index (χ0) is 32.3. The van der Waals surface area contributed by atoms with Crippen molar-refractivity contribution >= 4 is 90.9 Å². The van der Waals surface area contributed by atoms with Crippen LogP contribution in [0.1, 0.15) is 0 Å². The van der Waals surface area contributed by atoms with Crippen molar-refractivity contribution in [3.63, 3.8) is 0 Å². The van der Waals surface area contributed by atoms with E-state index in [0.29, 0.717) is 0 Å². The molecule has 0 bridgehead atoms. The maximum atomic E-state index is 2.44. The van der Waals surface area contributed by atoms with Crippen LogP contribution in [0.25, 0.3) is 73.4 Å². The Bertz CT molecular complexity index is 2830. The average molecular weight is 660 g/mol. The number of nitrogens with zero attached hydrogens (tertiary/aromatic N) is 1. The van der Waals surface area contributed by atoms with Crippen LogP contribution >= 0.6 is 22.7 Å². The fourth-order valence-corrected chi connectivity index (χ4v) is 9.71. The minimum absolute atomic E-state index is 1.12. The lowest BCUT2D eigenvalue weighted by Crippen LogP contribution is -2.11. The lowest BCUT2D eigenvalue weighted by Gasteiger charge is -2.28. The molecule has 10 aromatic rings. The fourth-order valence-electron chi connectivity index (χ4n) is 7.44. The van der Waals surface area contributed by atoms with Gasteiger partial charge in [-0.25, -0.2) is 0 Å². The summed E-state index contributed by atoms with van der Waals surface area (Å²) < 4.78 is 5.24. The minimum Gasteiger partial charge on any atom is -0.310 e. The Hall–Kier alpha value is -5.74. The van der Waals surface area contributed by atoms with Crippen molar-refractivity contribution in [2.24, 2.45) is 0 Å². The molecule has 0 aliphatic rings. The molecule has 0 aliphatic carbocycles. The zero-order valence-corrected chi connectivity index (χ0v) is 28.1. The summed E-state index contributed by atoms with van der Waals surface area (Å²) in [5.74, 6) is 0. The van der Waals surface area contributed by atoms with Crippen LogP contribution in [0.2, 0.25) is 0 Å². The standard InChI is InChI=1S/C46H29NS2/c1-2-13-34-30(11-1)12-9-17-35(34)31-23-25-32(26-24-31)47(33-27-28-38-37-15-4-7-20-42(37)49-45(38)29-33)41-19-6-3-14-36(41)39-18-10-22-44-46(39)40-16-5-8-21-43(40)48-44/h1-29H. The van der Waals surface area contributed by atoms with Gasteiger partial charge in [-0.3, -0.25) is 0 Å². The molecule has 0 saturated carbocycles. The quantitative estimate of drug-likeness (QED) is 0.178. The molecule has 0 radical (unpaired) electrons. The van der Waals surface area contributed by atoms with E-state index in [-0.39, 0.29) is 0 Å². The molecule has 0 N–H and O–H groups in total. The third kappa shape index (κ3) is 4.66. The summed E-state index contributed by atoms with van der Waals surface area (Å²) in [6, 6.07) is 64.5. The van der Waals surface area contributed by atoms with E-state index < -0.39 is 0 Å². The molecule has 0 unspecified atom stereocenters. The van der Waals surface area contributed by atoms with Gasteiger partial charge < -0.3 is 4.90 Å². The molecule has 0 saturated heterocycles. The van der Waals surface area contributed by atoms with E-state index in [4.69, 9.17) is 0 Å². The number of fused-ring (bicyclic) bond motifs is 7. The molecule has 230 valence electrons. The monoisotopic (exact) mass is 659 g/mol. The summed E-state index contributed by atoms with van der Waals surface area (Å²) in [4.78, 5) is 2.44. The molecule has 0 spiro atoms. The van der Waals surface area contributed by atoms with Crippen LogP contribution in [0, 0.1) is 0 Å². The fraction of sp³-hybridized carbons (Fsp3) is 0. The van der Waals surface area contributed by atoms with Crippen LogP contribution in [-0.4, -0.2) is 0 Å². The molecule has 2 aromatic heterocycles. The van der Waals surface area contributed by atoms with E-state index in [1.165, 1.54) is 73.4 Å². The first-order valence-electron chi connectivity index (χ1n) is 16.6. The van der Waals surface area contributed by atoms with Crippen LogP contribution in [-0.2, 0) is 0 Å². The second-order valence-corrected chi connectivity index (χ2v) is 14.6. The first-order valence-corrected chi connectivity index (χ1v) is 18.2. The molecular weight excluding hydrogens is 631 g/mol. The molecule has 49 heavy (non-hydrogen) atoms. The summed E-state index contributed by atoms with van der Waals surface area (Å²) >= 11 is 3.73. The minimum atomic E-state index is 1.12. The van der Waals surface area contributed by atoms with Crippen LogP contribution < -0.4 is 4.90 Å². The summed E-state index contributed by atoms with van der Waals surface area (Å²) in [5, 5.41) is 7.78. The molecule has 10 rings (SSSR count). The van der Waals surface area contributed by atoms with Gasteiger partial charge in [0.15, 0.2) is 0 Å². The molecule has 1 nitrogen and oxygen atoms in total. The number of rotatable bonds is 5. The molecule has 0 fully saturated rings. The SMILES string of the molecule is c1ccc(N(c2ccc(-c3cccc4ccccc34)cc2)c2ccc3c(c2)sc2ccccc23)c(-c2cccc3sc4ccccc4c23)c1. The normalized spacial score (nSPS) is 11.7. The van der Waals surface area contributed by atoms with E-state index in [1.54, 1.807) is 0 Å². The van der Waals surface area contributed by atoms with Crippen LogP contribution in [0.3, 0.4) is 0 Å². The Morgan fingerprint density at radius 3 is 1.80 bits per heavy atom. The molecule has 0 atom stereocenters. The van der Waals surface area contributed by atoms with Crippen molar-refractivity contribution in [3.8, 4) is 22.3 Å². The number of thiophene rings is 2. The summed E-state index contributed by atoms with van der Waals surface area (Å²) in [6.07, 6.45) is 0. The predicted molar refractivity (Wildman–Crippen MR) is 215 cm³/mol. The van der Waals surface area contributed by atoms with Crippen molar-refractivity contribution in [3.05, 3.63) is 176 Å². The maximum Gasteiger partial charge on any atom is 0.0540 e. The van der Waals surface area contributed by atoms with Crippen LogP contribution in [0.15, 0.2) is 176 Å². The lowest BCUT2D eigenvalue weighted by molar-refractivity contribution is 1.29. The van der Waals surface area contributed by atoms with Gasteiger partial charge in [0.25, 0.3) is 0 Å². The van der Waals surface area contributed by atoms with Gasteiger partial charge in [0.1, 0.15) is 0 Å². The van der Waals surface area contributed by atoms with Crippen molar-refractivity contribution in [2.45, 2.75) is 0 Å². The van der Waals surface area contributed by atoms with Crippen molar-refractivity contribution < 1.29 is 0 Å².